The minimum Gasteiger partial charge on any atom is -0.497 e. The van der Waals surface area contributed by atoms with Crippen molar-refractivity contribution in [3.63, 3.8) is 0 Å². The van der Waals surface area contributed by atoms with E-state index in [2.05, 4.69) is 5.32 Å². The second kappa shape index (κ2) is 13.9. The van der Waals surface area contributed by atoms with Crippen molar-refractivity contribution in [2.75, 3.05) is 31.3 Å². The first-order valence-corrected chi connectivity index (χ1v) is 14.5. The highest BCUT2D eigenvalue weighted by Crippen LogP contribution is 2.23. The standard InChI is InChI=1S/C29H33F2N3O5S/c1-32-29(36)27(18-21-9-5-4-6-10-21)33(20-22-11-7-12-24(17-22)39-2)28(35)13-8-16-34(40(3,37)38)23-14-15-25(30)26(31)19-23/h4-7,9-12,14-15,17,19,27H,8,13,16,18,20H2,1-3H3,(H,32,36)/t27-/m1/s1. The highest BCUT2D eigenvalue weighted by atomic mass is 32.2. The summed E-state index contributed by atoms with van der Waals surface area (Å²) in [6, 6.07) is 18.4. The van der Waals surface area contributed by atoms with Gasteiger partial charge in [-0.15, -0.1) is 0 Å². The Morgan fingerprint density at radius 1 is 0.950 bits per heavy atom. The number of hydrogen-bond acceptors (Lipinski definition) is 5. The summed E-state index contributed by atoms with van der Waals surface area (Å²) < 4.78 is 58.3. The first kappa shape index (κ1) is 30.6. The van der Waals surface area contributed by atoms with E-state index in [1.165, 1.54) is 19.1 Å². The second-order valence-corrected chi connectivity index (χ2v) is 11.1. The summed E-state index contributed by atoms with van der Waals surface area (Å²) in [6.45, 7) is -0.0358. The summed E-state index contributed by atoms with van der Waals surface area (Å²) in [5.74, 6) is -2.40. The van der Waals surface area contributed by atoms with Crippen molar-refractivity contribution >= 4 is 27.5 Å². The smallest absolute Gasteiger partial charge is 0.242 e. The molecule has 0 unspecified atom stereocenters. The maximum atomic E-state index is 13.8. The Bertz CT molecular complexity index is 1420. The Morgan fingerprint density at radius 3 is 2.27 bits per heavy atom. The van der Waals surface area contributed by atoms with Crippen molar-refractivity contribution in [1.82, 2.24) is 10.2 Å². The van der Waals surface area contributed by atoms with Crippen molar-refractivity contribution in [3.05, 3.63) is 95.6 Å². The van der Waals surface area contributed by atoms with Crippen LogP contribution in [-0.4, -0.2) is 58.1 Å². The molecule has 1 atom stereocenters. The number of nitrogens with one attached hydrogen (secondary N) is 1. The minimum atomic E-state index is -3.86. The Kier molecular flexibility index (Phi) is 10.6. The molecule has 1 N–H and O–H groups in total. The summed E-state index contributed by atoms with van der Waals surface area (Å²) in [6.07, 6.45) is 1.19. The van der Waals surface area contributed by atoms with Gasteiger partial charge in [0, 0.05) is 39.0 Å². The monoisotopic (exact) mass is 573 g/mol. The van der Waals surface area contributed by atoms with Gasteiger partial charge in [-0.2, -0.15) is 0 Å². The fourth-order valence-corrected chi connectivity index (χ4v) is 5.29. The molecule has 0 saturated carbocycles. The molecule has 0 saturated heterocycles. The zero-order valence-electron chi connectivity index (χ0n) is 22.6. The van der Waals surface area contributed by atoms with Gasteiger partial charge in [0.15, 0.2) is 11.6 Å². The van der Waals surface area contributed by atoms with Gasteiger partial charge < -0.3 is 15.0 Å². The Morgan fingerprint density at radius 2 is 1.65 bits per heavy atom. The SMILES string of the molecule is CNC(=O)[C@@H](Cc1ccccc1)N(Cc1cccc(OC)c1)C(=O)CCCN(c1ccc(F)c(F)c1)S(C)(=O)=O. The normalized spacial score (nSPS) is 11.9. The van der Waals surface area contributed by atoms with E-state index in [-0.39, 0.29) is 49.9 Å². The quantitative estimate of drug-likeness (QED) is 0.335. The molecule has 2 amide bonds. The molecule has 0 aliphatic carbocycles. The molecule has 0 spiro atoms. The first-order valence-electron chi connectivity index (χ1n) is 12.6. The molecule has 0 aliphatic rings. The molecule has 3 rings (SSSR count). The predicted octanol–water partition coefficient (Wildman–Crippen LogP) is 3.91. The minimum absolute atomic E-state index is 0.0469. The van der Waals surface area contributed by atoms with Crippen LogP contribution in [-0.2, 0) is 32.6 Å². The number of carbonyl (C=O) groups is 2. The van der Waals surface area contributed by atoms with E-state index in [0.717, 1.165) is 39.9 Å². The van der Waals surface area contributed by atoms with Crippen LogP contribution in [0.25, 0.3) is 0 Å². The maximum absolute atomic E-state index is 13.8. The molecule has 0 radical (unpaired) electrons. The van der Waals surface area contributed by atoms with Crippen LogP contribution < -0.4 is 14.4 Å². The molecule has 0 bridgehead atoms. The van der Waals surface area contributed by atoms with Crippen molar-refractivity contribution in [2.45, 2.75) is 31.8 Å². The van der Waals surface area contributed by atoms with Crippen LogP contribution >= 0.6 is 0 Å². The lowest BCUT2D eigenvalue weighted by Gasteiger charge is -2.31. The average molecular weight is 574 g/mol. The summed E-state index contributed by atoms with van der Waals surface area (Å²) in [5, 5.41) is 2.64. The lowest BCUT2D eigenvalue weighted by Crippen LogP contribution is -2.49. The maximum Gasteiger partial charge on any atom is 0.242 e. The lowest BCUT2D eigenvalue weighted by molar-refractivity contribution is -0.141. The van der Waals surface area contributed by atoms with Crippen molar-refractivity contribution in [2.24, 2.45) is 0 Å². The fraction of sp³-hybridized carbons (Fsp3) is 0.310. The van der Waals surface area contributed by atoms with Crippen LogP contribution in [0.15, 0.2) is 72.8 Å². The summed E-state index contributed by atoms with van der Waals surface area (Å²) in [5.41, 5.74) is 1.56. The number of methoxy groups -OCH3 is 1. The zero-order chi connectivity index (χ0) is 29.3. The third kappa shape index (κ3) is 8.25. The molecule has 214 valence electrons. The van der Waals surface area contributed by atoms with Gasteiger partial charge in [-0.05, 0) is 41.8 Å². The van der Waals surface area contributed by atoms with Crippen molar-refractivity contribution < 1.29 is 31.5 Å². The number of amides is 2. The van der Waals surface area contributed by atoms with E-state index in [0.29, 0.717) is 5.75 Å². The van der Waals surface area contributed by atoms with Crippen LogP contribution in [0, 0.1) is 11.6 Å². The first-order chi connectivity index (χ1) is 19.0. The van der Waals surface area contributed by atoms with E-state index in [1.54, 1.807) is 18.2 Å². The summed E-state index contributed by atoms with van der Waals surface area (Å²) >= 11 is 0. The number of halogens is 2. The van der Waals surface area contributed by atoms with Crippen molar-refractivity contribution in [3.8, 4) is 5.75 Å². The highest BCUT2D eigenvalue weighted by Gasteiger charge is 2.30. The van der Waals surface area contributed by atoms with E-state index in [4.69, 9.17) is 4.74 Å². The molecule has 0 fully saturated rings. The van der Waals surface area contributed by atoms with Gasteiger partial charge in [0.25, 0.3) is 0 Å². The molecule has 8 nitrogen and oxygen atoms in total. The van der Waals surface area contributed by atoms with Crippen LogP contribution in [0.2, 0.25) is 0 Å². The highest BCUT2D eigenvalue weighted by molar-refractivity contribution is 7.92. The van der Waals surface area contributed by atoms with Gasteiger partial charge in [0.2, 0.25) is 21.8 Å². The van der Waals surface area contributed by atoms with Crippen molar-refractivity contribution in [1.29, 1.82) is 0 Å². The number of hydrogen-bond donors (Lipinski definition) is 1. The van der Waals surface area contributed by atoms with Crippen LogP contribution in [0.5, 0.6) is 5.75 Å². The third-order valence-electron chi connectivity index (χ3n) is 6.35. The number of rotatable bonds is 13. The number of anilines is 1. The Labute approximate surface area is 233 Å². The molecular weight excluding hydrogens is 540 g/mol. The number of carbonyl (C=O) groups excluding carboxylic acids is 2. The molecule has 0 aliphatic heterocycles. The second-order valence-electron chi connectivity index (χ2n) is 9.23. The van der Waals surface area contributed by atoms with Gasteiger partial charge in [0.05, 0.1) is 19.1 Å². The molecule has 3 aromatic rings. The molecule has 0 aromatic heterocycles. The number of likely N-dealkylation sites (N-methyl/N-ethyl adjacent to an activating group) is 1. The number of nitrogens with zero attached hydrogens (tertiary/aromatic N) is 2. The largest absolute Gasteiger partial charge is 0.497 e. The van der Waals surface area contributed by atoms with E-state index >= 15 is 0 Å². The molecular formula is C29H33F2N3O5S. The van der Waals surface area contributed by atoms with Gasteiger partial charge in [-0.1, -0.05) is 42.5 Å². The topological polar surface area (TPSA) is 96.0 Å². The average Bonchev–Trinajstić information content (AvgIpc) is 2.94. The lowest BCUT2D eigenvalue weighted by atomic mass is 10.0. The van der Waals surface area contributed by atoms with E-state index < -0.39 is 27.7 Å². The van der Waals surface area contributed by atoms with Gasteiger partial charge in [0.1, 0.15) is 11.8 Å². The predicted molar refractivity (Wildman–Crippen MR) is 149 cm³/mol. The molecule has 40 heavy (non-hydrogen) atoms. The Hall–Kier alpha value is -3.99. The van der Waals surface area contributed by atoms with Crippen LogP contribution in [0.4, 0.5) is 14.5 Å². The van der Waals surface area contributed by atoms with E-state index in [9.17, 15) is 26.8 Å². The van der Waals surface area contributed by atoms with Crippen LogP contribution in [0.1, 0.15) is 24.0 Å². The van der Waals surface area contributed by atoms with Crippen LogP contribution in [0.3, 0.4) is 0 Å². The molecule has 3 aromatic carbocycles. The summed E-state index contributed by atoms with van der Waals surface area (Å²) in [7, 11) is -0.822. The van der Waals surface area contributed by atoms with Gasteiger partial charge in [-0.3, -0.25) is 13.9 Å². The fourth-order valence-electron chi connectivity index (χ4n) is 4.33. The van der Waals surface area contributed by atoms with Gasteiger partial charge in [-0.25, -0.2) is 17.2 Å². The number of ether oxygens (including phenoxy) is 1. The van der Waals surface area contributed by atoms with Gasteiger partial charge >= 0.3 is 0 Å². The summed E-state index contributed by atoms with van der Waals surface area (Å²) in [4.78, 5) is 28.2. The number of sulfonamides is 1. The molecule has 11 heteroatoms. The number of benzene rings is 3. The molecule has 0 heterocycles. The zero-order valence-corrected chi connectivity index (χ0v) is 23.5. The van der Waals surface area contributed by atoms with E-state index in [1.807, 2.05) is 36.4 Å². The Balaban J connectivity index is 1.86. The third-order valence-corrected chi connectivity index (χ3v) is 7.54.